The van der Waals surface area contributed by atoms with E-state index in [1.165, 1.54) is 66.1 Å². The molecule has 0 amide bonds. The molecule has 0 N–H and O–H groups in total. The quantitative estimate of drug-likeness (QED) is 0.116. The summed E-state index contributed by atoms with van der Waals surface area (Å²) < 4.78 is 0. The minimum atomic E-state index is 0. The second-order valence-corrected chi connectivity index (χ2v) is 10.5. The number of hydrogen-bond donors (Lipinski definition) is 0. The van der Waals surface area contributed by atoms with Crippen molar-refractivity contribution in [2.45, 2.75) is 59.8 Å². The molecule has 0 aliphatic carbocycles. The Morgan fingerprint density at radius 3 is 1.14 bits per heavy atom. The number of hydrogen-bond acceptors (Lipinski definition) is 0. The monoisotopic (exact) mass is 788 g/mol. The van der Waals surface area contributed by atoms with Gasteiger partial charge in [-0.3, -0.25) is 0 Å². The summed E-state index contributed by atoms with van der Waals surface area (Å²) in [5.74, 6) is 0. The van der Waals surface area contributed by atoms with Crippen LogP contribution in [0.3, 0.4) is 0 Å². The number of rotatable bonds is 6. The molecule has 0 fully saturated rings. The maximum absolute atomic E-state index is 3.38. The van der Waals surface area contributed by atoms with Gasteiger partial charge in [-0.05, 0) is 47.9 Å². The Morgan fingerprint density at radius 2 is 0.841 bits per heavy atom. The fraction of sp³-hybridized carbons (Fsp3) is 0.220. The Hall–Kier alpha value is -2.45. The van der Waals surface area contributed by atoms with Crippen LogP contribution in [0, 0.1) is 13.8 Å². The SMILES string of the molecule is CCc1ccc(-c2cccc3[cH-]c(CC)cc23)cc1.CCc1ccc(-c2cccc3[cH-]c(CC)cc23)cc1.Cl.Cl.[CH2-]C[CH2-].[Hf+4]. The van der Waals surface area contributed by atoms with Crippen LogP contribution in [0.2, 0.25) is 0 Å². The zero-order chi connectivity index (χ0) is 29.2. The van der Waals surface area contributed by atoms with E-state index in [9.17, 15) is 0 Å². The normalized spacial score (nSPS) is 9.95. The van der Waals surface area contributed by atoms with E-state index in [2.05, 4.69) is 151 Å². The molecule has 6 aromatic rings. The van der Waals surface area contributed by atoms with Crippen LogP contribution >= 0.6 is 24.8 Å². The molecule has 0 spiro atoms. The molecule has 0 unspecified atom stereocenters. The second-order valence-electron chi connectivity index (χ2n) is 10.5. The summed E-state index contributed by atoms with van der Waals surface area (Å²) >= 11 is 0. The molecule has 0 saturated heterocycles. The van der Waals surface area contributed by atoms with Gasteiger partial charge in [-0.25, -0.2) is 0 Å². The summed E-state index contributed by atoms with van der Waals surface area (Å²) in [5.41, 5.74) is 11.0. The Morgan fingerprint density at radius 1 is 0.500 bits per heavy atom. The minimum absolute atomic E-state index is 0. The molecular formula is C41H46Cl2Hf. The number of benzene rings is 4. The van der Waals surface area contributed by atoms with E-state index in [1.54, 1.807) is 0 Å². The molecule has 0 saturated carbocycles. The van der Waals surface area contributed by atoms with Crippen molar-refractivity contribution in [3.05, 3.63) is 145 Å². The fourth-order valence-electron chi connectivity index (χ4n) is 5.35. The first-order chi connectivity index (χ1) is 20.0. The van der Waals surface area contributed by atoms with E-state index >= 15 is 0 Å². The van der Waals surface area contributed by atoms with Crippen molar-refractivity contribution in [2.75, 3.05) is 0 Å². The average Bonchev–Trinajstić information content (AvgIpc) is 3.66. The molecule has 228 valence electrons. The summed E-state index contributed by atoms with van der Waals surface area (Å²) in [6.45, 7) is 15.6. The third-order valence-corrected chi connectivity index (χ3v) is 7.78. The van der Waals surface area contributed by atoms with Crippen LogP contribution in [0.15, 0.2) is 109 Å². The van der Waals surface area contributed by atoms with E-state index < -0.39 is 0 Å². The third-order valence-electron chi connectivity index (χ3n) is 7.78. The van der Waals surface area contributed by atoms with Crippen molar-refractivity contribution >= 4 is 46.4 Å². The van der Waals surface area contributed by atoms with Crippen LogP contribution in [0.25, 0.3) is 43.8 Å². The molecular weight excluding hydrogens is 742 g/mol. The zero-order valence-electron chi connectivity index (χ0n) is 26.7. The molecule has 0 aliphatic rings. The molecule has 0 heterocycles. The molecule has 6 rings (SSSR count). The van der Waals surface area contributed by atoms with Gasteiger partial charge in [0.25, 0.3) is 0 Å². The molecule has 0 atom stereocenters. The van der Waals surface area contributed by atoms with Crippen molar-refractivity contribution in [3.8, 4) is 22.3 Å². The van der Waals surface area contributed by atoms with Gasteiger partial charge in [-0.1, -0.05) is 99.5 Å². The molecule has 0 radical (unpaired) electrons. The number of halogens is 2. The number of aryl methyl sites for hydroxylation is 4. The van der Waals surface area contributed by atoms with Gasteiger partial charge < -0.3 is 20.3 Å². The summed E-state index contributed by atoms with van der Waals surface area (Å²) in [5, 5.41) is 5.47. The van der Waals surface area contributed by atoms with Crippen molar-refractivity contribution in [1.29, 1.82) is 0 Å². The Kier molecular flexibility index (Phi) is 17.8. The Balaban J connectivity index is 0.000000380. The molecule has 6 aromatic carbocycles. The average molecular weight is 788 g/mol. The standard InChI is InChI=1S/2C19H19.C3H6.2ClH.Hf/c2*1-3-14-8-10-16(11-9-14)18-7-5-6-17-12-15(4-2)13-19(17)18;1-3-2;;;/h2*5-13H,3-4H2,1-2H3;1-3H2;2*1H;/q2*-1;-2;;;+4. The summed E-state index contributed by atoms with van der Waals surface area (Å²) in [7, 11) is 0. The van der Waals surface area contributed by atoms with Crippen LogP contribution < -0.4 is 0 Å². The van der Waals surface area contributed by atoms with Gasteiger partial charge in [0.15, 0.2) is 0 Å². The first kappa shape index (κ1) is 39.6. The molecule has 0 nitrogen and oxygen atoms in total. The summed E-state index contributed by atoms with van der Waals surface area (Å²) in [6.07, 6.45) is 5.15. The Bertz CT molecular complexity index is 1530. The predicted octanol–water partition coefficient (Wildman–Crippen LogP) is 12.6. The van der Waals surface area contributed by atoms with Crippen molar-refractivity contribution in [1.82, 2.24) is 0 Å². The smallest absolute Gasteiger partial charge is 0.372 e. The number of fused-ring (bicyclic) bond motifs is 2. The molecule has 44 heavy (non-hydrogen) atoms. The van der Waals surface area contributed by atoms with E-state index in [0.717, 1.165) is 32.1 Å². The molecule has 0 bridgehead atoms. The van der Waals surface area contributed by atoms with E-state index in [4.69, 9.17) is 0 Å². The maximum Gasteiger partial charge on any atom is 4.00 e. The maximum atomic E-state index is 3.38. The predicted molar refractivity (Wildman–Crippen MR) is 197 cm³/mol. The summed E-state index contributed by atoms with van der Waals surface area (Å²) in [4.78, 5) is 0. The van der Waals surface area contributed by atoms with Crippen molar-refractivity contribution in [3.63, 3.8) is 0 Å². The van der Waals surface area contributed by atoms with E-state index in [0.29, 0.717) is 0 Å². The van der Waals surface area contributed by atoms with Crippen molar-refractivity contribution in [2.24, 2.45) is 0 Å². The van der Waals surface area contributed by atoms with Crippen LogP contribution in [0.5, 0.6) is 0 Å². The largest absolute Gasteiger partial charge is 4.00 e. The first-order valence-electron chi connectivity index (χ1n) is 15.2. The topological polar surface area (TPSA) is 0 Å². The minimum Gasteiger partial charge on any atom is -0.372 e. The van der Waals surface area contributed by atoms with Gasteiger partial charge in [0.1, 0.15) is 0 Å². The van der Waals surface area contributed by atoms with E-state index in [1.807, 2.05) is 0 Å². The summed E-state index contributed by atoms with van der Waals surface area (Å²) in [6, 6.07) is 40.4. The first-order valence-corrected chi connectivity index (χ1v) is 15.2. The van der Waals surface area contributed by atoms with Gasteiger partial charge in [0.2, 0.25) is 0 Å². The van der Waals surface area contributed by atoms with Crippen molar-refractivity contribution < 1.29 is 25.8 Å². The van der Waals surface area contributed by atoms with Gasteiger partial charge in [-0.15, -0.1) is 93.9 Å². The van der Waals surface area contributed by atoms with Gasteiger partial charge in [0.05, 0.1) is 0 Å². The zero-order valence-corrected chi connectivity index (χ0v) is 31.9. The molecule has 0 aromatic heterocycles. The van der Waals surface area contributed by atoms with Crippen LogP contribution in [0.4, 0.5) is 0 Å². The van der Waals surface area contributed by atoms with Crippen LogP contribution in [-0.4, -0.2) is 0 Å². The third kappa shape index (κ3) is 9.77. The van der Waals surface area contributed by atoms with Gasteiger partial charge >= 0.3 is 25.8 Å². The van der Waals surface area contributed by atoms with Crippen LogP contribution in [0.1, 0.15) is 56.4 Å². The molecule has 3 heteroatoms. The van der Waals surface area contributed by atoms with Gasteiger partial charge in [0, 0.05) is 0 Å². The Labute approximate surface area is 297 Å². The fourth-order valence-corrected chi connectivity index (χ4v) is 5.35. The second kappa shape index (κ2) is 19.8. The van der Waals surface area contributed by atoms with E-state index in [-0.39, 0.29) is 50.7 Å². The molecule has 0 aliphatic heterocycles. The van der Waals surface area contributed by atoms with Gasteiger partial charge in [-0.2, -0.15) is 12.1 Å². The van der Waals surface area contributed by atoms with Crippen LogP contribution in [-0.2, 0) is 51.5 Å².